The van der Waals surface area contributed by atoms with Crippen LogP contribution in [0.15, 0.2) is 41.5 Å². The molecule has 0 spiro atoms. The number of halogens is 3. The largest absolute Gasteiger partial charge is 0.398 e. The quantitative estimate of drug-likeness (QED) is 0.415. The number of hydrogen-bond donors (Lipinski definition) is 1. The van der Waals surface area contributed by atoms with Crippen molar-refractivity contribution in [1.29, 1.82) is 0 Å². The second-order valence-electron chi connectivity index (χ2n) is 5.45. The first-order valence-corrected chi connectivity index (χ1v) is 8.28. The van der Waals surface area contributed by atoms with Gasteiger partial charge in [-0.15, -0.1) is 0 Å². The van der Waals surface area contributed by atoms with Gasteiger partial charge in [0.25, 0.3) is 0 Å². The van der Waals surface area contributed by atoms with Crippen molar-refractivity contribution in [2.24, 2.45) is 5.10 Å². The molecule has 0 bridgehead atoms. The van der Waals surface area contributed by atoms with Crippen LogP contribution >= 0.6 is 34.8 Å². The molecule has 2 N–H and O–H groups in total. The highest BCUT2D eigenvalue weighted by Gasteiger charge is 2.15. The predicted molar refractivity (Wildman–Crippen MR) is 102 cm³/mol. The van der Waals surface area contributed by atoms with Crippen LogP contribution in [0, 0.1) is 0 Å². The van der Waals surface area contributed by atoms with Gasteiger partial charge < -0.3 is 5.73 Å². The molecule has 2 aromatic carbocycles. The minimum absolute atomic E-state index is 0.101. The van der Waals surface area contributed by atoms with E-state index >= 15 is 0 Å². The highest BCUT2D eigenvalue weighted by atomic mass is 35.5. The zero-order valence-corrected chi connectivity index (χ0v) is 15.4. The zero-order valence-electron chi connectivity index (χ0n) is 13.1. The first kappa shape index (κ1) is 17.9. The average Bonchev–Trinajstić information content (AvgIpc) is 2.47. The maximum absolute atomic E-state index is 6.31. The molecule has 0 radical (unpaired) electrons. The number of hydrazone groups is 1. The van der Waals surface area contributed by atoms with E-state index in [1.165, 1.54) is 0 Å². The molecule has 0 aliphatic rings. The summed E-state index contributed by atoms with van der Waals surface area (Å²) < 4.78 is 0. The maximum Gasteiger partial charge on any atom is 0.0784 e. The van der Waals surface area contributed by atoms with Gasteiger partial charge in [-0.3, -0.25) is 5.01 Å². The summed E-state index contributed by atoms with van der Waals surface area (Å²) in [6.45, 7) is 5.95. The second kappa shape index (κ2) is 7.43. The smallest absolute Gasteiger partial charge is 0.0784 e. The first-order chi connectivity index (χ1) is 10.8. The van der Waals surface area contributed by atoms with E-state index in [9.17, 15) is 0 Å². The van der Waals surface area contributed by atoms with Gasteiger partial charge in [-0.2, -0.15) is 5.10 Å². The molecule has 2 aromatic rings. The van der Waals surface area contributed by atoms with E-state index in [1.807, 2.05) is 31.8 Å². The predicted octanol–water partition coefficient (Wildman–Crippen LogP) is 5.87. The fourth-order valence-corrected chi connectivity index (χ4v) is 2.84. The summed E-state index contributed by atoms with van der Waals surface area (Å²) in [5.74, 6) is 0. The Morgan fingerprint density at radius 2 is 1.65 bits per heavy atom. The van der Waals surface area contributed by atoms with Gasteiger partial charge >= 0.3 is 0 Å². The lowest BCUT2D eigenvalue weighted by Gasteiger charge is -2.25. The van der Waals surface area contributed by atoms with E-state index in [-0.39, 0.29) is 6.04 Å². The third-order valence-electron chi connectivity index (χ3n) is 3.31. The lowest BCUT2D eigenvalue weighted by Crippen LogP contribution is -2.27. The molecule has 0 aliphatic heterocycles. The summed E-state index contributed by atoms with van der Waals surface area (Å²) in [7, 11) is 0. The SMILES string of the molecule is C/C(=N\N(c1ccc(Cl)cc1Cl)C(C)C)c1cc(Cl)ccc1N. The molecule has 0 amide bonds. The van der Waals surface area contributed by atoms with Crippen molar-refractivity contribution in [3.63, 3.8) is 0 Å². The molecule has 0 saturated carbocycles. The van der Waals surface area contributed by atoms with Crippen molar-refractivity contribution in [3.8, 4) is 0 Å². The van der Waals surface area contributed by atoms with Gasteiger partial charge in [-0.1, -0.05) is 34.8 Å². The Kier molecular flexibility index (Phi) is 5.79. The van der Waals surface area contributed by atoms with E-state index < -0.39 is 0 Å². The molecule has 2 rings (SSSR count). The molecule has 0 heterocycles. The Balaban J connectivity index is 2.48. The van der Waals surface area contributed by atoms with Crippen LogP contribution in [0.1, 0.15) is 26.3 Å². The van der Waals surface area contributed by atoms with Crippen LogP contribution in [-0.2, 0) is 0 Å². The third kappa shape index (κ3) is 4.31. The zero-order chi connectivity index (χ0) is 17.1. The van der Waals surface area contributed by atoms with E-state index in [2.05, 4.69) is 0 Å². The van der Waals surface area contributed by atoms with E-state index in [1.54, 1.807) is 30.3 Å². The fraction of sp³-hybridized carbons (Fsp3) is 0.235. The summed E-state index contributed by atoms with van der Waals surface area (Å²) in [5, 5.41) is 8.28. The molecule has 23 heavy (non-hydrogen) atoms. The highest BCUT2D eigenvalue weighted by molar-refractivity contribution is 6.36. The summed E-state index contributed by atoms with van der Waals surface area (Å²) in [4.78, 5) is 0. The molecule has 0 unspecified atom stereocenters. The van der Waals surface area contributed by atoms with Crippen LogP contribution in [-0.4, -0.2) is 11.8 Å². The van der Waals surface area contributed by atoms with Crippen LogP contribution in [0.5, 0.6) is 0 Å². The Morgan fingerprint density at radius 3 is 2.26 bits per heavy atom. The molecule has 3 nitrogen and oxygen atoms in total. The molecule has 0 atom stereocenters. The highest BCUT2D eigenvalue weighted by Crippen LogP contribution is 2.31. The van der Waals surface area contributed by atoms with Crippen LogP contribution in [0.4, 0.5) is 11.4 Å². The molecule has 0 aromatic heterocycles. The third-order valence-corrected chi connectivity index (χ3v) is 4.08. The van der Waals surface area contributed by atoms with Gasteiger partial charge in [0.05, 0.1) is 16.4 Å². The van der Waals surface area contributed by atoms with Gasteiger partial charge in [-0.25, -0.2) is 0 Å². The Labute approximate surface area is 151 Å². The van der Waals surface area contributed by atoms with E-state index in [4.69, 9.17) is 45.6 Å². The lowest BCUT2D eigenvalue weighted by molar-refractivity contribution is 0.713. The number of benzene rings is 2. The number of nitrogens with zero attached hydrogens (tertiary/aromatic N) is 2. The minimum Gasteiger partial charge on any atom is -0.398 e. The van der Waals surface area contributed by atoms with E-state index in [0.717, 1.165) is 17.0 Å². The van der Waals surface area contributed by atoms with Crippen LogP contribution in [0.25, 0.3) is 0 Å². The summed E-state index contributed by atoms with van der Waals surface area (Å²) in [5.41, 5.74) is 8.99. The van der Waals surface area contributed by atoms with Crippen molar-refractivity contribution >= 4 is 51.9 Å². The number of nitrogens with two attached hydrogens (primary N) is 1. The molecule has 122 valence electrons. The Bertz CT molecular complexity index is 742. The van der Waals surface area contributed by atoms with Crippen molar-refractivity contribution in [3.05, 3.63) is 57.0 Å². The van der Waals surface area contributed by atoms with Crippen LogP contribution in [0.2, 0.25) is 15.1 Å². The standard InChI is InChI=1S/C17H18Cl3N3/c1-10(2)23(17-7-5-13(19)9-15(17)20)22-11(3)14-8-12(18)4-6-16(14)21/h4-10H,21H2,1-3H3/b22-11+. The summed E-state index contributed by atoms with van der Waals surface area (Å²) >= 11 is 18.3. The maximum atomic E-state index is 6.31. The average molecular weight is 371 g/mol. The number of hydrogen-bond acceptors (Lipinski definition) is 3. The fourth-order valence-electron chi connectivity index (χ4n) is 2.17. The number of rotatable bonds is 4. The number of anilines is 2. The number of nitrogen functional groups attached to an aromatic ring is 1. The van der Waals surface area contributed by atoms with Crippen molar-refractivity contribution in [2.75, 3.05) is 10.7 Å². The monoisotopic (exact) mass is 369 g/mol. The van der Waals surface area contributed by atoms with Gasteiger partial charge in [0.1, 0.15) is 0 Å². The van der Waals surface area contributed by atoms with Gasteiger partial charge in [-0.05, 0) is 57.2 Å². The minimum atomic E-state index is 0.101. The van der Waals surface area contributed by atoms with Crippen molar-refractivity contribution in [1.82, 2.24) is 0 Å². The summed E-state index contributed by atoms with van der Waals surface area (Å²) in [6.07, 6.45) is 0. The molecule has 0 aliphatic carbocycles. The molecule has 0 saturated heterocycles. The van der Waals surface area contributed by atoms with Gasteiger partial charge in [0.2, 0.25) is 0 Å². The Morgan fingerprint density at radius 1 is 1.04 bits per heavy atom. The summed E-state index contributed by atoms with van der Waals surface area (Å²) in [6, 6.07) is 10.8. The van der Waals surface area contributed by atoms with E-state index in [0.29, 0.717) is 20.8 Å². The topological polar surface area (TPSA) is 41.6 Å². The lowest BCUT2D eigenvalue weighted by atomic mass is 10.1. The van der Waals surface area contributed by atoms with Crippen LogP contribution in [0.3, 0.4) is 0 Å². The van der Waals surface area contributed by atoms with Gasteiger partial charge in [0, 0.05) is 27.3 Å². The Hall–Kier alpha value is -1.42. The first-order valence-electron chi connectivity index (χ1n) is 7.14. The van der Waals surface area contributed by atoms with Crippen molar-refractivity contribution < 1.29 is 0 Å². The molecular formula is C17H18Cl3N3. The van der Waals surface area contributed by atoms with Crippen molar-refractivity contribution in [2.45, 2.75) is 26.8 Å². The van der Waals surface area contributed by atoms with Crippen LogP contribution < -0.4 is 10.7 Å². The second-order valence-corrected chi connectivity index (χ2v) is 6.73. The molecular weight excluding hydrogens is 353 g/mol. The molecule has 6 heteroatoms. The molecule has 0 fully saturated rings. The normalized spacial score (nSPS) is 11.9. The van der Waals surface area contributed by atoms with Gasteiger partial charge in [0.15, 0.2) is 0 Å².